The Bertz CT molecular complexity index is 328. The van der Waals surface area contributed by atoms with Crippen molar-refractivity contribution in [3.8, 4) is 6.19 Å². The van der Waals surface area contributed by atoms with Gasteiger partial charge in [-0.05, 0) is 12.1 Å². The monoisotopic (exact) mass is 175 g/mol. The first-order valence-electron chi connectivity index (χ1n) is 3.76. The van der Waals surface area contributed by atoms with E-state index in [1.54, 1.807) is 18.3 Å². The molecule has 0 spiro atoms. The second-order valence-electron chi connectivity index (χ2n) is 2.43. The predicted molar refractivity (Wildman–Crippen MR) is 48.2 cm³/mol. The lowest BCUT2D eigenvalue weighted by molar-refractivity contribution is -0.124. The Kier molecular flexibility index (Phi) is 2.87. The molecule has 1 amide bonds. The Labute approximate surface area is 76.4 Å². The van der Waals surface area contributed by atoms with Gasteiger partial charge in [-0.2, -0.15) is 10.3 Å². The number of hydrazine groups is 1. The molecule has 0 saturated carbocycles. The highest BCUT2D eigenvalue weighted by Crippen LogP contribution is 2.05. The predicted octanol–water partition coefficient (Wildman–Crippen LogP) is 1.34. The molecule has 0 atom stereocenters. The van der Waals surface area contributed by atoms with Crippen LogP contribution >= 0.6 is 0 Å². The Morgan fingerprint density at radius 1 is 1.46 bits per heavy atom. The Morgan fingerprint density at radius 3 is 2.54 bits per heavy atom. The maximum Gasteiger partial charge on any atom is 0.251 e. The zero-order valence-corrected chi connectivity index (χ0v) is 7.19. The van der Waals surface area contributed by atoms with Crippen LogP contribution in [0.4, 0.5) is 5.69 Å². The lowest BCUT2D eigenvalue weighted by Gasteiger charge is -2.13. The fourth-order valence-corrected chi connectivity index (χ4v) is 0.816. The van der Waals surface area contributed by atoms with E-state index in [0.29, 0.717) is 5.69 Å². The maximum absolute atomic E-state index is 10.8. The van der Waals surface area contributed by atoms with Gasteiger partial charge in [0, 0.05) is 6.92 Å². The van der Waals surface area contributed by atoms with Crippen molar-refractivity contribution in [1.82, 2.24) is 5.01 Å². The summed E-state index contributed by atoms with van der Waals surface area (Å²) in [5, 5.41) is 9.42. The van der Waals surface area contributed by atoms with E-state index in [1.807, 2.05) is 18.2 Å². The molecule has 66 valence electrons. The number of amides is 1. The van der Waals surface area contributed by atoms with Gasteiger partial charge >= 0.3 is 0 Å². The third-order valence-electron chi connectivity index (χ3n) is 1.43. The van der Waals surface area contributed by atoms with Crippen LogP contribution in [0.15, 0.2) is 30.3 Å². The van der Waals surface area contributed by atoms with E-state index >= 15 is 0 Å². The van der Waals surface area contributed by atoms with Gasteiger partial charge in [-0.25, -0.2) is 0 Å². The fraction of sp³-hybridized carbons (Fsp3) is 0.111. The quantitative estimate of drug-likeness (QED) is 0.419. The molecule has 0 saturated heterocycles. The molecular weight excluding hydrogens is 166 g/mol. The third kappa shape index (κ3) is 2.49. The van der Waals surface area contributed by atoms with Gasteiger partial charge in [0.2, 0.25) is 6.19 Å². The molecule has 0 heterocycles. The number of nitrogens with one attached hydrogen (secondary N) is 1. The standard InChI is InChI=1S/C9H9N3O/c1-8(13)12(7-10)11-9-5-3-2-4-6-9/h2-6,11H,1H3. The minimum absolute atomic E-state index is 0.341. The molecule has 0 bridgehead atoms. The van der Waals surface area contributed by atoms with E-state index in [0.717, 1.165) is 5.01 Å². The average Bonchev–Trinajstić information content (AvgIpc) is 2.15. The number of hydrogen-bond acceptors (Lipinski definition) is 3. The molecule has 1 rings (SSSR count). The van der Waals surface area contributed by atoms with E-state index in [1.165, 1.54) is 6.92 Å². The van der Waals surface area contributed by atoms with Gasteiger partial charge in [0.05, 0.1) is 5.69 Å². The number of benzene rings is 1. The lowest BCUT2D eigenvalue weighted by atomic mass is 10.3. The van der Waals surface area contributed by atoms with Gasteiger partial charge in [-0.3, -0.25) is 10.2 Å². The van der Waals surface area contributed by atoms with E-state index in [2.05, 4.69) is 5.43 Å². The summed E-state index contributed by atoms with van der Waals surface area (Å²) in [5.41, 5.74) is 3.36. The summed E-state index contributed by atoms with van der Waals surface area (Å²) in [4.78, 5) is 10.8. The second-order valence-corrected chi connectivity index (χ2v) is 2.43. The number of carbonyl (C=O) groups excluding carboxylic acids is 1. The molecule has 1 aromatic carbocycles. The molecule has 0 fully saturated rings. The van der Waals surface area contributed by atoms with Crippen LogP contribution in [0.25, 0.3) is 0 Å². The Balaban J connectivity index is 2.69. The van der Waals surface area contributed by atoms with Crippen molar-refractivity contribution in [2.75, 3.05) is 5.43 Å². The first kappa shape index (κ1) is 9.07. The second kappa shape index (κ2) is 4.12. The van der Waals surface area contributed by atoms with Crippen LogP contribution in [-0.4, -0.2) is 10.9 Å². The van der Waals surface area contributed by atoms with Crippen LogP contribution in [0.2, 0.25) is 0 Å². The van der Waals surface area contributed by atoms with Crippen molar-refractivity contribution in [2.24, 2.45) is 0 Å². The maximum atomic E-state index is 10.8. The van der Waals surface area contributed by atoms with Gasteiger partial charge in [-0.15, -0.1) is 0 Å². The van der Waals surface area contributed by atoms with Crippen LogP contribution in [0.1, 0.15) is 6.92 Å². The number of carbonyl (C=O) groups is 1. The van der Waals surface area contributed by atoms with Crippen molar-refractivity contribution in [3.63, 3.8) is 0 Å². The van der Waals surface area contributed by atoms with Gasteiger partial charge in [-0.1, -0.05) is 18.2 Å². The van der Waals surface area contributed by atoms with Crippen molar-refractivity contribution >= 4 is 11.6 Å². The van der Waals surface area contributed by atoms with Crippen LogP contribution in [0, 0.1) is 11.5 Å². The molecule has 1 aromatic rings. The highest BCUT2D eigenvalue weighted by atomic mass is 16.2. The van der Waals surface area contributed by atoms with Crippen molar-refractivity contribution < 1.29 is 4.79 Å². The van der Waals surface area contributed by atoms with Crippen LogP contribution < -0.4 is 5.43 Å². The van der Waals surface area contributed by atoms with Crippen molar-refractivity contribution in [1.29, 1.82) is 5.26 Å². The summed E-state index contributed by atoms with van der Waals surface area (Å²) in [6, 6.07) is 9.03. The molecule has 0 aliphatic carbocycles. The minimum atomic E-state index is -0.341. The van der Waals surface area contributed by atoms with Gasteiger partial charge < -0.3 is 0 Å². The zero-order chi connectivity index (χ0) is 9.68. The lowest BCUT2D eigenvalue weighted by Crippen LogP contribution is -2.29. The Morgan fingerprint density at radius 2 is 2.08 bits per heavy atom. The van der Waals surface area contributed by atoms with Crippen molar-refractivity contribution in [2.45, 2.75) is 6.92 Å². The summed E-state index contributed by atoms with van der Waals surface area (Å²) >= 11 is 0. The van der Waals surface area contributed by atoms with Crippen LogP contribution in [0.3, 0.4) is 0 Å². The first-order chi connectivity index (χ1) is 6.24. The van der Waals surface area contributed by atoms with Crippen LogP contribution in [0.5, 0.6) is 0 Å². The highest BCUT2D eigenvalue weighted by Gasteiger charge is 2.05. The number of rotatable bonds is 2. The van der Waals surface area contributed by atoms with E-state index in [-0.39, 0.29) is 5.91 Å². The summed E-state index contributed by atoms with van der Waals surface area (Å²) in [5.74, 6) is -0.341. The number of hydrogen-bond donors (Lipinski definition) is 1. The number of para-hydroxylation sites is 1. The van der Waals surface area contributed by atoms with Crippen molar-refractivity contribution in [3.05, 3.63) is 30.3 Å². The molecule has 1 N–H and O–H groups in total. The Hall–Kier alpha value is -2.02. The molecule has 13 heavy (non-hydrogen) atoms. The largest absolute Gasteiger partial charge is 0.282 e. The normalized spacial score (nSPS) is 8.62. The summed E-state index contributed by atoms with van der Waals surface area (Å²) < 4.78 is 0. The minimum Gasteiger partial charge on any atom is -0.282 e. The topological polar surface area (TPSA) is 56.1 Å². The number of nitrogens with zero attached hydrogens (tertiary/aromatic N) is 2. The molecule has 4 nitrogen and oxygen atoms in total. The first-order valence-corrected chi connectivity index (χ1v) is 3.76. The average molecular weight is 175 g/mol. The van der Waals surface area contributed by atoms with Gasteiger partial charge in [0.1, 0.15) is 0 Å². The van der Waals surface area contributed by atoms with Gasteiger partial charge in [0.15, 0.2) is 0 Å². The summed E-state index contributed by atoms with van der Waals surface area (Å²) in [6.07, 6.45) is 1.72. The fourth-order valence-electron chi connectivity index (χ4n) is 0.816. The summed E-state index contributed by atoms with van der Waals surface area (Å²) in [6.45, 7) is 1.32. The molecule has 4 heteroatoms. The molecule has 0 unspecified atom stereocenters. The van der Waals surface area contributed by atoms with E-state index in [4.69, 9.17) is 5.26 Å². The SMILES string of the molecule is CC(=O)N(C#N)Nc1ccccc1. The third-order valence-corrected chi connectivity index (χ3v) is 1.43. The molecular formula is C9H9N3O. The molecule has 0 radical (unpaired) electrons. The molecule has 0 aromatic heterocycles. The zero-order valence-electron chi connectivity index (χ0n) is 7.19. The van der Waals surface area contributed by atoms with E-state index < -0.39 is 0 Å². The van der Waals surface area contributed by atoms with Crippen LogP contribution in [-0.2, 0) is 4.79 Å². The summed E-state index contributed by atoms with van der Waals surface area (Å²) in [7, 11) is 0. The number of nitriles is 1. The van der Waals surface area contributed by atoms with Gasteiger partial charge in [0.25, 0.3) is 5.91 Å². The molecule has 0 aliphatic rings. The highest BCUT2D eigenvalue weighted by molar-refractivity contribution is 5.76. The number of anilines is 1. The van der Waals surface area contributed by atoms with E-state index in [9.17, 15) is 4.79 Å². The smallest absolute Gasteiger partial charge is 0.251 e. The molecule has 0 aliphatic heterocycles.